The molecular weight excluding hydrogens is 287 g/mol. The van der Waals surface area contributed by atoms with Crippen LogP contribution in [0.25, 0.3) is 0 Å². The first kappa shape index (κ1) is 16.7. The molecule has 7 heteroatoms. The number of carboxylic acids is 1. The summed E-state index contributed by atoms with van der Waals surface area (Å²) in [7, 11) is 0. The molecule has 1 rings (SSSR count). The number of aliphatic carboxylic acids is 1. The van der Waals surface area contributed by atoms with E-state index in [-0.39, 0.29) is 6.42 Å². The highest BCUT2D eigenvalue weighted by atomic mass is 19.4. The number of allylic oxidation sites excluding steroid dienone is 1. The number of hydrogen-bond acceptors (Lipinski definition) is 2. The minimum Gasteiger partial charge on any atom is -0.480 e. The van der Waals surface area contributed by atoms with Crippen molar-refractivity contribution < 1.29 is 27.9 Å². The molecule has 21 heavy (non-hydrogen) atoms. The van der Waals surface area contributed by atoms with Crippen molar-refractivity contribution in [2.24, 2.45) is 0 Å². The van der Waals surface area contributed by atoms with Gasteiger partial charge < -0.3 is 10.4 Å². The number of benzene rings is 1. The zero-order valence-electron chi connectivity index (χ0n) is 11.1. The van der Waals surface area contributed by atoms with E-state index in [1.807, 2.05) is 0 Å². The molecule has 2 N–H and O–H groups in total. The van der Waals surface area contributed by atoms with Crippen LogP contribution in [0.15, 0.2) is 36.4 Å². The van der Waals surface area contributed by atoms with Crippen LogP contribution in [0.2, 0.25) is 0 Å². The second-order valence-electron chi connectivity index (χ2n) is 4.21. The molecular formula is C14H14F3NO3. The van der Waals surface area contributed by atoms with Gasteiger partial charge in [-0.25, -0.2) is 4.79 Å². The summed E-state index contributed by atoms with van der Waals surface area (Å²) >= 11 is 0. The summed E-state index contributed by atoms with van der Waals surface area (Å²) in [6.07, 6.45) is -1.60. The number of carbonyl (C=O) groups is 2. The smallest absolute Gasteiger partial charge is 0.417 e. The molecule has 1 unspecified atom stereocenters. The van der Waals surface area contributed by atoms with Crippen LogP contribution in [0, 0.1) is 0 Å². The topological polar surface area (TPSA) is 66.4 Å². The molecule has 0 saturated carbocycles. The van der Waals surface area contributed by atoms with Gasteiger partial charge in [0.25, 0.3) is 5.91 Å². The monoisotopic (exact) mass is 301 g/mol. The van der Waals surface area contributed by atoms with E-state index in [0.29, 0.717) is 0 Å². The fourth-order valence-electron chi connectivity index (χ4n) is 1.66. The molecule has 0 aliphatic carbocycles. The predicted molar refractivity (Wildman–Crippen MR) is 69.8 cm³/mol. The maximum atomic E-state index is 12.8. The van der Waals surface area contributed by atoms with Crippen molar-refractivity contribution in [2.45, 2.75) is 25.6 Å². The number of rotatable bonds is 5. The van der Waals surface area contributed by atoms with E-state index in [1.165, 1.54) is 12.1 Å². The molecule has 1 aromatic carbocycles. The van der Waals surface area contributed by atoms with E-state index in [9.17, 15) is 22.8 Å². The molecule has 1 aromatic rings. The van der Waals surface area contributed by atoms with Gasteiger partial charge in [0.15, 0.2) is 0 Å². The van der Waals surface area contributed by atoms with E-state index >= 15 is 0 Å². The Balaban J connectivity index is 3.01. The van der Waals surface area contributed by atoms with Crippen LogP contribution in [0.4, 0.5) is 13.2 Å². The molecule has 0 fully saturated rings. The Morgan fingerprint density at radius 1 is 1.33 bits per heavy atom. The summed E-state index contributed by atoms with van der Waals surface area (Å²) in [5, 5.41) is 11.0. The maximum Gasteiger partial charge on any atom is 0.417 e. The highest BCUT2D eigenvalue weighted by Gasteiger charge is 2.35. The molecule has 0 radical (unpaired) electrons. The van der Waals surface area contributed by atoms with E-state index < -0.39 is 35.2 Å². The number of hydrogen-bond donors (Lipinski definition) is 2. The number of halogens is 3. The maximum absolute atomic E-state index is 12.8. The second-order valence-corrected chi connectivity index (χ2v) is 4.21. The lowest BCUT2D eigenvalue weighted by Crippen LogP contribution is -2.41. The Kier molecular flexibility index (Phi) is 5.52. The Bertz CT molecular complexity index is 553. The minimum atomic E-state index is -4.68. The van der Waals surface area contributed by atoms with Gasteiger partial charge in [-0.15, -0.1) is 0 Å². The average Bonchev–Trinajstić information content (AvgIpc) is 2.42. The van der Waals surface area contributed by atoms with Gasteiger partial charge in [0, 0.05) is 0 Å². The molecule has 1 amide bonds. The van der Waals surface area contributed by atoms with Crippen LogP contribution in [0.5, 0.6) is 0 Å². The zero-order chi connectivity index (χ0) is 16.0. The van der Waals surface area contributed by atoms with Gasteiger partial charge in [-0.1, -0.05) is 24.3 Å². The van der Waals surface area contributed by atoms with Crippen LogP contribution in [0.3, 0.4) is 0 Å². The van der Waals surface area contributed by atoms with E-state index in [2.05, 4.69) is 5.32 Å². The van der Waals surface area contributed by atoms with Crippen LogP contribution in [-0.4, -0.2) is 23.0 Å². The zero-order valence-corrected chi connectivity index (χ0v) is 11.1. The SMILES string of the molecule is C/C=C/CC(NC(=O)c1ccccc1C(F)(F)F)C(=O)O. The summed E-state index contributed by atoms with van der Waals surface area (Å²) in [6.45, 7) is 1.67. The Morgan fingerprint density at radius 2 is 1.95 bits per heavy atom. The van der Waals surface area contributed by atoms with Crippen LogP contribution in [-0.2, 0) is 11.0 Å². The van der Waals surface area contributed by atoms with E-state index in [0.717, 1.165) is 18.2 Å². The van der Waals surface area contributed by atoms with Gasteiger partial charge in [-0.2, -0.15) is 13.2 Å². The van der Waals surface area contributed by atoms with E-state index in [4.69, 9.17) is 5.11 Å². The highest BCUT2D eigenvalue weighted by molar-refractivity contribution is 5.98. The standard InChI is InChI=1S/C14H14F3NO3/c1-2-3-8-11(13(20)21)18-12(19)9-6-4-5-7-10(9)14(15,16)17/h2-7,11H,8H2,1H3,(H,18,19)(H,20,21)/b3-2+. The lowest BCUT2D eigenvalue weighted by Gasteiger charge is -2.16. The van der Waals surface area contributed by atoms with Gasteiger partial charge in [0.2, 0.25) is 0 Å². The molecule has 0 aliphatic heterocycles. The highest BCUT2D eigenvalue weighted by Crippen LogP contribution is 2.31. The Morgan fingerprint density at radius 3 is 2.48 bits per heavy atom. The molecule has 114 valence electrons. The molecule has 0 spiro atoms. The molecule has 0 bridgehead atoms. The van der Waals surface area contributed by atoms with Crippen molar-refractivity contribution in [3.63, 3.8) is 0 Å². The second kappa shape index (κ2) is 6.92. The molecule has 0 saturated heterocycles. The molecule has 4 nitrogen and oxygen atoms in total. The molecule has 0 heterocycles. The summed E-state index contributed by atoms with van der Waals surface area (Å²) < 4.78 is 38.4. The number of nitrogens with one attached hydrogen (secondary N) is 1. The summed E-state index contributed by atoms with van der Waals surface area (Å²) in [4.78, 5) is 22.9. The lowest BCUT2D eigenvalue weighted by molar-refractivity contribution is -0.139. The van der Waals surface area contributed by atoms with Gasteiger partial charge in [-0.3, -0.25) is 4.79 Å². The first-order valence-corrected chi connectivity index (χ1v) is 6.08. The molecule has 1 atom stereocenters. The van der Waals surface area contributed by atoms with Gasteiger partial charge in [0.05, 0.1) is 11.1 Å². The minimum absolute atomic E-state index is 0.00818. The first-order valence-electron chi connectivity index (χ1n) is 6.08. The van der Waals surface area contributed by atoms with Crippen molar-refractivity contribution >= 4 is 11.9 Å². The van der Waals surface area contributed by atoms with Crippen LogP contribution in [0.1, 0.15) is 29.3 Å². The quantitative estimate of drug-likeness (QED) is 0.822. The molecule has 0 aromatic heterocycles. The Labute approximate surface area is 119 Å². The fourth-order valence-corrected chi connectivity index (χ4v) is 1.66. The summed E-state index contributed by atoms with van der Waals surface area (Å²) in [5.41, 5.74) is -1.70. The predicted octanol–water partition coefficient (Wildman–Crippen LogP) is 2.85. The van der Waals surface area contributed by atoms with Crippen LogP contribution < -0.4 is 5.32 Å². The van der Waals surface area contributed by atoms with Gasteiger partial charge >= 0.3 is 12.1 Å². The number of amides is 1. The van der Waals surface area contributed by atoms with Gasteiger partial charge in [0.1, 0.15) is 6.04 Å². The van der Waals surface area contributed by atoms with Crippen molar-refractivity contribution in [3.05, 3.63) is 47.5 Å². The number of carboxylic acid groups (broad SMARTS) is 1. The fraction of sp³-hybridized carbons (Fsp3) is 0.286. The van der Waals surface area contributed by atoms with Crippen LogP contribution >= 0.6 is 0 Å². The summed E-state index contributed by atoms with van der Waals surface area (Å²) in [5.74, 6) is -2.38. The van der Waals surface area contributed by atoms with Crippen molar-refractivity contribution in [2.75, 3.05) is 0 Å². The number of carbonyl (C=O) groups excluding carboxylic acids is 1. The average molecular weight is 301 g/mol. The number of alkyl halides is 3. The van der Waals surface area contributed by atoms with E-state index in [1.54, 1.807) is 13.0 Å². The van der Waals surface area contributed by atoms with Crippen molar-refractivity contribution in [3.8, 4) is 0 Å². The third-order valence-corrected chi connectivity index (χ3v) is 2.69. The third-order valence-electron chi connectivity index (χ3n) is 2.69. The third kappa shape index (κ3) is 4.62. The first-order chi connectivity index (χ1) is 9.77. The normalized spacial score (nSPS) is 13.1. The Hall–Kier alpha value is -2.31. The summed E-state index contributed by atoms with van der Waals surface area (Å²) in [6, 6.07) is 2.94. The van der Waals surface area contributed by atoms with Crippen molar-refractivity contribution in [1.29, 1.82) is 0 Å². The van der Waals surface area contributed by atoms with Crippen molar-refractivity contribution in [1.82, 2.24) is 5.32 Å². The molecule has 0 aliphatic rings. The lowest BCUT2D eigenvalue weighted by atomic mass is 10.1. The largest absolute Gasteiger partial charge is 0.480 e. The van der Waals surface area contributed by atoms with Gasteiger partial charge in [-0.05, 0) is 25.5 Å².